The first-order chi connectivity index (χ1) is 12.8. The van der Waals surface area contributed by atoms with Crippen LogP contribution in [-0.2, 0) is 13.1 Å². The van der Waals surface area contributed by atoms with Crippen molar-refractivity contribution < 1.29 is 0 Å². The number of piperidine rings is 1. The van der Waals surface area contributed by atoms with E-state index in [1.54, 1.807) is 6.20 Å². The monoisotopic (exact) mass is 348 g/mol. The number of nitrogens with zero attached hydrogens (tertiary/aromatic N) is 5. The molecule has 26 heavy (non-hydrogen) atoms. The molecule has 6 nitrogen and oxygen atoms in total. The molecule has 0 bridgehead atoms. The van der Waals surface area contributed by atoms with E-state index < -0.39 is 0 Å². The van der Waals surface area contributed by atoms with Gasteiger partial charge in [0.1, 0.15) is 11.5 Å². The molecule has 1 saturated heterocycles. The molecule has 0 saturated carbocycles. The van der Waals surface area contributed by atoms with Crippen LogP contribution in [0.2, 0.25) is 0 Å². The van der Waals surface area contributed by atoms with E-state index in [4.69, 9.17) is 5.73 Å². The number of likely N-dealkylation sites (tertiary alicyclic amines) is 1. The number of anilines is 1. The fraction of sp³-hybridized carbons (Fsp3) is 0.350. The molecule has 4 rings (SSSR count). The van der Waals surface area contributed by atoms with Crippen molar-refractivity contribution in [3.63, 3.8) is 0 Å². The number of pyridine rings is 1. The van der Waals surface area contributed by atoms with Crippen LogP contribution in [0, 0.1) is 5.92 Å². The summed E-state index contributed by atoms with van der Waals surface area (Å²) in [6.07, 6.45) is 6.21. The van der Waals surface area contributed by atoms with E-state index in [0.29, 0.717) is 11.7 Å². The van der Waals surface area contributed by atoms with Gasteiger partial charge in [0.05, 0.1) is 6.20 Å². The summed E-state index contributed by atoms with van der Waals surface area (Å²) in [5, 5.41) is 8.65. The zero-order valence-electron chi connectivity index (χ0n) is 14.8. The first-order valence-electron chi connectivity index (χ1n) is 9.15. The molecule has 0 spiro atoms. The number of rotatable bonds is 5. The summed E-state index contributed by atoms with van der Waals surface area (Å²) < 4.78 is 1.98. The molecule has 134 valence electrons. The van der Waals surface area contributed by atoms with E-state index in [1.807, 2.05) is 35.1 Å². The van der Waals surface area contributed by atoms with Crippen LogP contribution in [0.4, 0.5) is 5.82 Å². The van der Waals surface area contributed by atoms with Gasteiger partial charge in [-0.25, -0.2) is 4.98 Å². The second-order valence-corrected chi connectivity index (χ2v) is 6.98. The van der Waals surface area contributed by atoms with Gasteiger partial charge >= 0.3 is 0 Å². The molecule has 3 aromatic rings. The second kappa shape index (κ2) is 7.66. The highest BCUT2D eigenvalue weighted by atomic mass is 15.4. The third kappa shape index (κ3) is 3.91. The highest BCUT2D eigenvalue weighted by Gasteiger charge is 2.21. The topological polar surface area (TPSA) is 72.9 Å². The molecule has 3 heterocycles. The Balaban J connectivity index is 1.38. The van der Waals surface area contributed by atoms with E-state index >= 15 is 0 Å². The van der Waals surface area contributed by atoms with Crippen LogP contribution in [-0.4, -0.2) is 38.0 Å². The Labute approximate surface area is 153 Å². The van der Waals surface area contributed by atoms with Crippen LogP contribution in [0.15, 0.2) is 54.9 Å². The highest BCUT2D eigenvalue weighted by molar-refractivity contribution is 5.57. The van der Waals surface area contributed by atoms with Crippen molar-refractivity contribution in [2.45, 2.75) is 25.9 Å². The van der Waals surface area contributed by atoms with E-state index in [0.717, 1.165) is 43.0 Å². The van der Waals surface area contributed by atoms with Crippen LogP contribution in [0.1, 0.15) is 18.4 Å². The predicted octanol–water partition coefficient (Wildman–Crippen LogP) is 2.83. The van der Waals surface area contributed by atoms with E-state index in [-0.39, 0.29) is 0 Å². The van der Waals surface area contributed by atoms with Crippen LogP contribution >= 0.6 is 0 Å². The third-order valence-electron chi connectivity index (χ3n) is 4.98. The van der Waals surface area contributed by atoms with Crippen LogP contribution < -0.4 is 5.73 Å². The maximum atomic E-state index is 5.99. The summed E-state index contributed by atoms with van der Waals surface area (Å²) in [5.41, 5.74) is 9.14. The fourth-order valence-corrected chi connectivity index (χ4v) is 3.66. The van der Waals surface area contributed by atoms with Gasteiger partial charge in [-0.3, -0.25) is 9.58 Å². The lowest BCUT2D eigenvalue weighted by molar-refractivity contribution is 0.153. The van der Waals surface area contributed by atoms with Gasteiger partial charge in [-0.15, -0.1) is 5.10 Å². The van der Waals surface area contributed by atoms with E-state index in [1.165, 1.54) is 12.8 Å². The molecular formula is C20H24N6. The highest BCUT2D eigenvalue weighted by Crippen LogP contribution is 2.22. The lowest BCUT2D eigenvalue weighted by Gasteiger charge is -2.32. The zero-order valence-corrected chi connectivity index (χ0v) is 14.8. The van der Waals surface area contributed by atoms with Crippen molar-refractivity contribution in [3.8, 4) is 11.3 Å². The number of benzene rings is 1. The summed E-state index contributed by atoms with van der Waals surface area (Å²) in [6, 6.07) is 14.2. The summed E-state index contributed by atoms with van der Waals surface area (Å²) in [5.74, 6) is 1.21. The van der Waals surface area contributed by atoms with E-state index in [9.17, 15) is 0 Å². The lowest BCUT2D eigenvalue weighted by atomic mass is 9.97. The minimum absolute atomic E-state index is 0.576. The van der Waals surface area contributed by atoms with Gasteiger partial charge in [-0.2, -0.15) is 0 Å². The lowest BCUT2D eigenvalue weighted by Crippen LogP contribution is -2.36. The van der Waals surface area contributed by atoms with Gasteiger partial charge in [-0.05, 0) is 31.4 Å². The Morgan fingerprint density at radius 3 is 2.85 bits per heavy atom. The third-order valence-corrected chi connectivity index (χ3v) is 4.98. The minimum Gasteiger partial charge on any atom is -0.383 e. The number of nitrogen functional groups attached to an aromatic ring is 1. The molecule has 1 aromatic carbocycles. The SMILES string of the molecule is Nc1ncccc1CN1CCC[C@H](Cn2cc(-c3ccccc3)nn2)C1. The summed E-state index contributed by atoms with van der Waals surface area (Å²) in [7, 11) is 0. The number of nitrogens with two attached hydrogens (primary N) is 1. The second-order valence-electron chi connectivity index (χ2n) is 6.98. The van der Waals surface area contributed by atoms with Crippen molar-refractivity contribution >= 4 is 5.82 Å². The van der Waals surface area contributed by atoms with Crippen molar-refractivity contribution in [1.29, 1.82) is 0 Å². The van der Waals surface area contributed by atoms with Crippen molar-refractivity contribution in [1.82, 2.24) is 24.9 Å². The quantitative estimate of drug-likeness (QED) is 0.767. The minimum atomic E-state index is 0.576. The molecule has 2 aromatic heterocycles. The van der Waals surface area contributed by atoms with Gasteiger partial charge < -0.3 is 5.73 Å². The largest absolute Gasteiger partial charge is 0.383 e. The van der Waals surface area contributed by atoms with Crippen LogP contribution in [0.3, 0.4) is 0 Å². The summed E-state index contributed by atoms with van der Waals surface area (Å²) in [4.78, 5) is 6.66. The maximum absolute atomic E-state index is 5.99. The van der Waals surface area contributed by atoms with Crippen LogP contribution in [0.25, 0.3) is 11.3 Å². The first kappa shape index (κ1) is 16.7. The van der Waals surface area contributed by atoms with Gasteiger partial charge in [0.15, 0.2) is 0 Å². The molecule has 1 fully saturated rings. The molecule has 1 aliphatic heterocycles. The maximum Gasteiger partial charge on any atom is 0.127 e. The number of aromatic nitrogens is 4. The van der Waals surface area contributed by atoms with Crippen molar-refractivity contribution in [2.75, 3.05) is 18.8 Å². The van der Waals surface area contributed by atoms with Gasteiger partial charge in [0.25, 0.3) is 0 Å². The van der Waals surface area contributed by atoms with Gasteiger partial charge in [0.2, 0.25) is 0 Å². The van der Waals surface area contributed by atoms with Crippen LogP contribution in [0.5, 0.6) is 0 Å². The van der Waals surface area contributed by atoms with Gasteiger partial charge in [0, 0.05) is 37.0 Å². The molecule has 0 unspecified atom stereocenters. The van der Waals surface area contributed by atoms with E-state index in [2.05, 4.69) is 38.4 Å². The molecule has 0 radical (unpaired) electrons. The normalized spacial score (nSPS) is 18.1. The number of hydrogen-bond acceptors (Lipinski definition) is 5. The zero-order chi connectivity index (χ0) is 17.8. The molecule has 0 amide bonds. The summed E-state index contributed by atoms with van der Waals surface area (Å²) >= 11 is 0. The molecule has 2 N–H and O–H groups in total. The number of hydrogen-bond donors (Lipinski definition) is 1. The average Bonchev–Trinajstić information content (AvgIpc) is 3.13. The van der Waals surface area contributed by atoms with Crippen molar-refractivity contribution in [3.05, 3.63) is 60.4 Å². The Kier molecular flexibility index (Phi) is 4.93. The van der Waals surface area contributed by atoms with Gasteiger partial charge in [-0.1, -0.05) is 41.6 Å². The Hall–Kier alpha value is -2.73. The first-order valence-corrected chi connectivity index (χ1v) is 9.15. The standard InChI is InChI=1S/C20H24N6/c21-20-18(9-4-10-22-20)14-25-11-5-6-16(12-25)13-26-15-19(23-24-26)17-7-2-1-3-8-17/h1-4,7-10,15-16H,5-6,11-14H2,(H2,21,22)/t16-/m0/s1. The predicted molar refractivity (Wildman–Crippen MR) is 102 cm³/mol. The Bertz CT molecular complexity index is 844. The molecule has 6 heteroatoms. The average molecular weight is 348 g/mol. The molecular weight excluding hydrogens is 324 g/mol. The Morgan fingerprint density at radius 2 is 2.00 bits per heavy atom. The molecule has 0 aliphatic carbocycles. The fourth-order valence-electron chi connectivity index (χ4n) is 3.66. The smallest absolute Gasteiger partial charge is 0.127 e. The van der Waals surface area contributed by atoms with Crippen molar-refractivity contribution in [2.24, 2.45) is 5.92 Å². The molecule has 1 atom stereocenters. The summed E-state index contributed by atoms with van der Waals surface area (Å²) in [6.45, 7) is 3.92. The Morgan fingerprint density at radius 1 is 1.12 bits per heavy atom. The molecule has 1 aliphatic rings.